The van der Waals surface area contributed by atoms with E-state index in [0.717, 1.165) is 31.7 Å². The summed E-state index contributed by atoms with van der Waals surface area (Å²) in [5.41, 5.74) is 3.67. The van der Waals surface area contributed by atoms with Gasteiger partial charge >= 0.3 is 0 Å². The van der Waals surface area contributed by atoms with E-state index in [9.17, 15) is 0 Å². The molecule has 1 rings (SSSR count). The van der Waals surface area contributed by atoms with E-state index >= 15 is 0 Å². The van der Waals surface area contributed by atoms with Gasteiger partial charge in [-0.15, -0.1) is 0 Å². The second-order valence-corrected chi connectivity index (χ2v) is 5.45. The Morgan fingerprint density at radius 1 is 1.14 bits per heavy atom. The fourth-order valence-electron chi connectivity index (χ4n) is 2.83. The summed E-state index contributed by atoms with van der Waals surface area (Å²) in [5, 5.41) is 3.59. The highest BCUT2D eigenvalue weighted by Gasteiger charge is 2.26. The zero-order valence-electron chi connectivity index (χ0n) is 14.5. The molecule has 0 fully saturated rings. The Kier molecular flexibility index (Phi) is 7.76. The molecule has 120 valence electrons. The van der Waals surface area contributed by atoms with Gasteiger partial charge in [-0.2, -0.15) is 0 Å². The summed E-state index contributed by atoms with van der Waals surface area (Å²) >= 11 is 0. The molecule has 0 aliphatic carbocycles. The van der Waals surface area contributed by atoms with E-state index in [-0.39, 0.29) is 12.1 Å². The normalized spacial score (nSPS) is 14.0. The van der Waals surface area contributed by atoms with Crippen LogP contribution in [0.15, 0.2) is 12.1 Å². The van der Waals surface area contributed by atoms with Crippen molar-refractivity contribution in [3.63, 3.8) is 0 Å². The number of hydrogen-bond donors (Lipinski definition) is 1. The van der Waals surface area contributed by atoms with Crippen LogP contribution in [0.1, 0.15) is 56.3 Å². The van der Waals surface area contributed by atoms with E-state index in [1.807, 2.05) is 0 Å². The topological polar surface area (TPSA) is 30.5 Å². The molecule has 3 nitrogen and oxygen atoms in total. The molecule has 0 aromatic heterocycles. The van der Waals surface area contributed by atoms with Crippen LogP contribution >= 0.6 is 0 Å². The van der Waals surface area contributed by atoms with E-state index in [2.05, 4.69) is 52.1 Å². The second-order valence-electron chi connectivity index (χ2n) is 5.45. The van der Waals surface area contributed by atoms with Gasteiger partial charge in [-0.25, -0.2) is 0 Å². The van der Waals surface area contributed by atoms with Crippen LogP contribution in [0.4, 0.5) is 0 Å². The minimum Gasteiger partial charge on any atom is -0.496 e. The van der Waals surface area contributed by atoms with Crippen LogP contribution in [0, 0.1) is 13.8 Å². The summed E-state index contributed by atoms with van der Waals surface area (Å²) in [6.45, 7) is 12.3. The van der Waals surface area contributed by atoms with Crippen molar-refractivity contribution in [3.8, 4) is 5.75 Å². The molecule has 1 aromatic rings. The highest BCUT2D eigenvalue weighted by Crippen LogP contribution is 2.34. The smallest absolute Gasteiger partial charge is 0.126 e. The first-order valence-electron chi connectivity index (χ1n) is 8.09. The molecule has 2 unspecified atom stereocenters. The molecule has 1 N–H and O–H groups in total. The summed E-state index contributed by atoms with van der Waals surface area (Å²) in [6, 6.07) is 4.52. The zero-order valence-corrected chi connectivity index (χ0v) is 14.5. The number of nitrogens with one attached hydrogen (secondary N) is 1. The van der Waals surface area contributed by atoms with Crippen LogP contribution in [-0.4, -0.2) is 26.4 Å². The lowest BCUT2D eigenvalue weighted by Crippen LogP contribution is -2.34. The molecule has 0 heterocycles. The Balaban J connectivity index is 3.23. The number of rotatable bonds is 9. The van der Waals surface area contributed by atoms with E-state index in [1.54, 1.807) is 7.11 Å². The first kappa shape index (κ1) is 18.0. The van der Waals surface area contributed by atoms with Crippen molar-refractivity contribution < 1.29 is 9.47 Å². The molecule has 3 heteroatoms. The van der Waals surface area contributed by atoms with Crippen molar-refractivity contribution in [2.24, 2.45) is 0 Å². The SMILES string of the molecule is CCCC(OCC)C(NCC)c1ccc(C)c(C)c1OC. The fraction of sp³-hybridized carbons (Fsp3) is 0.667. The van der Waals surface area contributed by atoms with Gasteiger partial charge in [0.2, 0.25) is 0 Å². The van der Waals surface area contributed by atoms with Gasteiger partial charge in [0.05, 0.1) is 19.3 Å². The molecule has 0 aliphatic rings. The van der Waals surface area contributed by atoms with Gasteiger partial charge < -0.3 is 14.8 Å². The Bertz CT molecular complexity index is 425. The maximum Gasteiger partial charge on any atom is 0.126 e. The molecule has 0 aliphatic heterocycles. The lowest BCUT2D eigenvalue weighted by molar-refractivity contribution is 0.0274. The quantitative estimate of drug-likeness (QED) is 0.741. The van der Waals surface area contributed by atoms with Gasteiger partial charge in [-0.1, -0.05) is 32.4 Å². The standard InChI is InChI=1S/C18H31NO2/c1-7-10-16(21-9-3)17(19-8-2)15-12-11-13(4)14(5)18(15)20-6/h11-12,16-17,19H,7-10H2,1-6H3. The predicted octanol–water partition coefficient (Wildman–Crippen LogP) is 4.17. The summed E-state index contributed by atoms with van der Waals surface area (Å²) < 4.78 is 11.7. The van der Waals surface area contributed by atoms with Crippen molar-refractivity contribution in [2.45, 2.75) is 59.6 Å². The third kappa shape index (κ3) is 4.45. The van der Waals surface area contributed by atoms with Gasteiger partial charge in [0.1, 0.15) is 5.75 Å². The van der Waals surface area contributed by atoms with E-state index in [1.165, 1.54) is 16.7 Å². The second kappa shape index (κ2) is 9.06. The third-order valence-electron chi connectivity index (χ3n) is 4.00. The van der Waals surface area contributed by atoms with Crippen LogP contribution in [0.2, 0.25) is 0 Å². The highest BCUT2D eigenvalue weighted by atomic mass is 16.5. The van der Waals surface area contributed by atoms with Crippen LogP contribution < -0.4 is 10.1 Å². The molecule has 21 heavy (non-hydrogen) atoms. The zero-order chi connectivity index (χ0) is 15.8. The monoisotopic (exact) mass is 293 g/mol. The van der Waals surface area contributed by atoms with Crippen molar-refractivity contribution in [3.05, 3.63) is 28.8 Å². The first-order chi connectivity index (χ1) is 10.1. The van der Waals surface area contributed by atoms with Gasteiger partial charge in [0.25, 0.3) is 0 Å². The predicted molar refractivity (Wildman–Crippen MR) is 89.2 cm³/mol. The van der Waals surface area contributed by atoms with Crippen LogP contribution in [0.25, 0.3) is 0 Å². The minimum atomic E-state index is 0.171. The number of hydrogen-bond acceptors (Lipinski definition) is 3. The number of benzene rings is 1. The molecule has 2 atom stereocenters. The summed E-state index contributed by atoms with van der Waals surface area (Å²) in [5.74, 6) is 0.988. The number of aryl methyl sites for hydroxylation is 1. The van der Waals surface area contributed by atoms with Gasteiger partial charge in [-0.3, -0.25) is 0 Å². The third-order valence-corrected chi connectivity index (χ3v) is 4.00. The summed E-state index contributed by atoms with van der Waals surface area (Å²) in [6.07, 6.45) is 2.33. The molecule has 0 saturated carbocycles. The fourth-order valence-corrected chi connectivity index (χ4v) is 2.83. The van der Waals surface area contributed by atoms with Crippen LogP contribution in [-0.2, 0) is 4.74 Å². The molecular formula is C18H31NO2. The Labute approximate surface area is 130 Å². The van der Waals surface area contributed by atoms with Crippen molar-refractivity contribution in [2.75, 3.05) is 20.3 Å². The maximum absolute atomic E-state index is 6.00. The van der Waals surface area contributed by atoms with Gasteiger partial charge in [0.15, 0.2) is 0 Å². The number of ether oxygens (including phenoxy) is 2. The molecule has 0 bridgehead atoms. The highest BCUT2D eigenvalue weighted by molar-refractivity contribution is 5.47. The number of methoxy groups -OCH3 is 1. The van der Waals surface area contributed by atoms with E-state index in [0.29, 0.717) is 0 Å². The molecule has 0 spiro atoms. The Morgan fingerprint density at radius 3 is 2.38 bits per heavy atom. The largest absolute Gasteiger partial charge is 0.496 e. The van der Waals surface area contributed by atoms with Crippen molar-refractivity contribution >= 4 is 0 Å². The van der Waals surface area contributed by atoms with Gasteiger partial charge in [0, 0.05) is 12.2 Å². The van der Waals surface area contributed by atoms with E-state index in [4.69, 9.17) is 9.47 Å². The lowest BCUT2D eigenvalue weighted by atomic mass is 9.93. The number of likely N-dealkylation sites (N-methyl/N-ethyl adjacent to an activating group) is 1. The first-order valence-corrected chi connectivity index (χ1v) is 8.09. The summed E-state index contributed by atoms with van der Waals surface area (Å²) in [7, 11) is 1.75. The van der Waals surface area contributed by atoms with Crippen molar-refractivity contribution in [1.29, 1.82) is 0 Å². The average Bonchev–Trinajstić information content (AvgIpc) is 2.47. The Morgan fingerprint density at radius 2 is 1.86 bits per heavy atom. The molecular weight excluding hydrogens is 262 g/mol. The van der Waals surface area contributed by atoms with Crippen molar-refractivity contribution in [1.82, 2.24) is 5.32 Å². The lowest BCUT2D eigenvalue weighted by Gasteiger charge is -2.30. The minimum absolute atomic E-state index is 0.171. The Hall–Kier alpha value is -1.06. The molecule has 0 amide bonds. The molecule has 0 saturated heterocycles. The summed E-state index contributed by atoms with van der Waals surface area (Å²) in [4.78, 5) is 0. The maximum atomic E-state index is 6.00. The van der Waals surface area contributed by atoms with Crippen LogP contribution in [0.3, 0.4) is 0 Å². The van der Waals surface area contributed by atoms with Crippen LogP contribution in [0.5, 0.6) is 5.75 Å². The molecule has 0 radical (unpaired) electrons. The van der Waals surface area contributed by atoms with E-state index < -0.39 is 0 Å². The molecule has 1 aromatic carbocycles. The average molecular weight is 293 g/mol. The van der Waals surface area contributed by atoms with Gasteiger partial charge in [-0.05, 0) is 44.9 Å².